The third-order valence-electron chi connectivity index (χ3n) is 4.29. The van der Waals surface area contributed by atoms with Crippen molar-refractivity contribution in [3.8, 4) is 0 Å². The zero-order chi connectivity index (χ0) is 23.2. The number of nitrogens with two attached hydrogens (primary N) is 1. The monoisotopic (exact) mass is 451 g/mol. The van der Waals surface area contributed by atoms with Crippen LogP contribution in [0.15, 0.2) is 47.4 Å². The van der Waals surface area contributed by atoms with E-state index in [1.807, 2.05) is 0 Å². The minimum absolute atomic E-state index is 0.205. The van der Waals surface area contributed by atoms with E-state index in [1.54, 1.807) is 13.8 Å². The fraction of sp³-hybridized carbons (Fsp3) is 0.250. The third kappa shape index (κ3) is 5.86. The number of hydrogen-bond donors (Lipinski definition) is 2. The van der Waals surface area contributed by atoms with E-state index in [9.17, 15) is 27.2 Å². The van der Waals surface area contributed by atoms with E-state index in [0.717, 1.165) is 22.5 Å². The molecule has 2 amide bonds. The van der Waals surface area contributed by atoms with Gasteiger partial charge in [-0.3, -0.25) is 9.59 Å². The quantitative estimate of drug-likeness (QED) is 0.558. The van der Waals surface area contributed by atoms with Gasteiger partial charge in [0.25, 0.3) is 5.91 Å². The zero-order valence-electron chi connectivity index (χ0n) is 16.9. The Balaban J connectivity index is 2.08. The number of nitrogens with one attached hydrogen (secondary N) is 1. The molecule has 11 heteroatoms. The first-order chi connectivity index (χ1) is 14.6. The SMILES string of the molecule is CCN(CC)S(=O)(=O)c1ccc(F)c(C(=O)OCC(=O)Nc2ccc(C(N)=O)cc2)c1. The number of halogens is 1. The summed E-state index contributed by atoms with van der Waals surface area (Å²) in [6.45, 7) is 2.98. The lowest BCUT2D eigenvalue weighted by Gasteiger charge is -2.18. The fourth-order valence-electron chi connectivity index (χ4n) is 2.66. The van der Waals surface area contributed by atoms with Crippen LogP contribution < -0.4 is 11.1 Å². The topological polar surface area (TPSA) is 136 Å². The summed E-state index contributed by atoms with van der Waals surface area (Å²) in [6, 6.07) is 8.46. The van der Waals surface area contributed by atoms with Gasteiger partial charge in [-0.25, -0.2) is 17.6 Å². The maximum absolute atomic E-state index is 14.1. The lowest BCUT2D eigenvalue weighted by molar-refractivity contribution is -0.119. The van der Waals surface area contributed by atoms with Gasteiger partial charge < -0.3 is 15.8 Å². The van der Waals surface area contributed by atoms with Gasteiger partial charge in [-0.2, -0.15) is 4.31 Å². The lowest BCUT2D eigenvalue weighted by Crippen LogP contribution is -2.30. The molecule has 0 atom stereocenters. The van der Waals surface area contributed by atoms with Gasteiger partial charge in [-0.1, -0.05) is 13.8 Å². The number of amides is 2. The van der Waals surface area contributed by atoms with E-state index in [0.29, 0.717) is 5.69 Å². The molecule has 0 saturated carbocycles. The van der Waals surface area contributed by atoms with Crippen molar-refractivity contribution in [2.75, 3.05) is 25.0 Å². The van der Waals surface area contributed by atoms with Crippen LogP contribution in [0.2, 0.25) is 0 Å². The molecule has 0 radical (unpaired) electrons. The van der Waals surface area contributed by atoms with Crippen molar-refractivity contribution in [1.82, 2.24) is 4.31 Å². The zero-order valence-corrected chi connectivity index (χ0v) is 17.7. The summed E-state index contributed by atoms with van der Waals surface area (Å²) in [4.78, 5) is 35.0. The normalized spacial score (nSPS) is 11.2. The van der Waals surface area contributed by atoms with Gasteiger partial charge in [-0.05, 0) is 42.5 Å². The molecule has 0 aliphatic carbocycles. The molecule has 166 valence electrons. The molecule has 2 aromatic rings. The highest BCUT2D eigenvalue weighted by atomic mass is 32.2. The van der Waals surface area contributed by atoms with Crippen LogP contribution in [0.25, 0.3) is 0 Å². The number of hydrogen-bond acceptors (Lipinski definition) is 6. The maximum atomic E-state index is 14.1. The first-order valence-electron chi connectivity index (χ1n) is 9.26. The number of nitrogens with zero attached hydrogens (tertiary/aromatic N) is 1. The number of sulfonamides is 1. The molecule has 0 fully saturated rings. The fourth-order valence-corrected chi connectivity index (χ4v) is 4.14. The molecule has 0 aromatic heterocycles. The van der Waals surface area contributed by atoms with Gasteiger partial charge >= 0.3 is 5.97 Å². The Hall–Kier alpha value is -3.31. The smallest absolute Gasteiger partial charge is 0.341 e. The van der Waals surface area contributed by atoms with Crippen LogP contribution in [-0.2, 0) is 19.6 Å². The number of esters is 1. The second-order valence-electron chi connectivity index (χ2n) is 6.30. The van der Waals surface area contributed by atoms with Crippen molar-refractivity contribution in [2.24, 2.45) is 5.73 Å². The van der Waals surface area contributed by atoms with Gasteiger partial charge in [0.1, 0.15) is 5.82 Å². The molecule has 9 nitrogen and oxygen atoms in total. The van der Waals surface area contributed by atoms with Gasteiger partial charge in [0, 0.05) is 24.3 Å². The summed E-state index contributed by atoms with van der Waals surface area (Å²) in [5.74, 6) is -3.51. The molecular formula is C20H22FN3O6S. The first-order valence-corrected chi connectivity index (χ1v) is 10.7. The van der Waals surface area contributed by atoms with Crippen LogP contribution in [0.5, 0.6) is 0 Å². The van der Waals surface area contributed by atoms with E-state index >= 15 is 0 Å². The number of ether oxygens (including phenoxy) is 1. The Kier molecular flexibility index (Phi) is 7.83. The highest BCUT2D eigenvalue weighted by Crippen LogP contribution is 2.20. The van der Waals surface area contributed by atoms with E-state index in [4.69, 9.17) is 10.5 Å². The van der Waals surface area contributed by atoms with E-state index in [2.05, 4.69) is 5.32 Å². The number of rotatable bonds is 9. The third-order valence-corrected chi connectivity index (χ3v) is 6.33. The van der Waals surface area contributed by atoms with E-state index < -0.39 is 45.8 Å². The Morgan fingerprint density at radius 1 is 1.06 bits per heavy atom. The van der Waals surface area contributed by atoms with Crippen molar-refractivity contribution in [3.05, 3.63) is 59.4 Å². The van der Waals surface area contributed by atoms with Gasteiger partial charge in [0.05, 0.1) is 10.5 Å². The minimum Gasteiger partial charge on any atom is -0.452 e. The number of anilines is 1. The first kappa shape index (κ1) is 24.0. The maximum Gasteiger partial charge on any atom is 0.341 e. The summed E-state index contributed by atoms with van der Waals surface area (Å²) >= 11 is 0. The number of benzene rings is 2. The number of carbonyl (C=O) groups is 3. The number of primary amides is 1. The molecule has 0 heterocycles. The second-order valence-corrected chi connectivity index (χ2v) is 8.23. The second kappa shape index (κ2) is 10.1. The highest BCUT2D eigenvalue weighted by molar-refractivity contribution is 7.89. The molecule has 31 heavy (non-hydrogen) atoms. The van der Waals surface area contributed by atoms with Crippen molar-refractivity contribution >= 4 is 33.5 Å². The average molecular weight is 451 g/mol. The summed E-state index contributed by atoms with van der Waals surface area (Å²) in [5.41, 5.74) is 5.10. The van der Waals surface area contributed by atoms with E-state index in [-0.39, 0.29) is 23.5 Å². The molecule has 0 spiro atoms. The molecule has 0 aliphatic heterocycles. The van der Waals surface area contributed by atoms with Crippen molar-refractivity contribution in [1.29, 1.82) is 0 Å². The Morgan fingerprint density at radius 3 is 2.23 bits per heavy atom. The van der Waals surface area contributed by atoms with Crippen LogP contribution >= 0.6 is 0 Å². The molecule has 0 unspecified atom stereocenters. The Morgan fingerprint density at radius 2 is 1.68 bits per heavy atom. The van der Waals surface area contributed by atoms with Crippen molar-refractivity contribution in [2.45, 2.75) is 18.7 Å². The Labute approximate surface area is 179 Å². The summed E-state index contributed by atoms with van der Waals surface area (Å²) in [5, 5.41) is 2.43. The molecule has 0 saturated heterocycles. The van der Waals surface area contributed by atoms with Gasteiger partial charge in [0.15, 0.2) is 6.61 Å². The molecule has 3 N–H and O–H groups in total. The molecule has 0 bridgehead atoms. The molecular weight excluding hydrogens is 429 g/mol. The van der Waals surface area contributed by atoms with E-state index in [1.165, 1.54) is 24.3 Å². The van der Waals surface area contributed by atoms with Crippen LogP contribution in [0, 0.1) is 5.82 Å². The van der Waals surface area contributed by atoms with Gasteiger partial charge in [-0.15, -0.1) is 0 Å². The molecule has 2 rings (SSSR count). The molecule has 0 aliphatic rings. The van der Waals surface area contributed by atoms with Crippen LogP contribution in [-0.4, -0.2) is 50.2 Å². The van der Waals surface area contributed by atoms with Crippen LogP contribution in [0.4, 0.5) is 10.1 Å². The predicted molar refractivity (Wildman–Crippen MR) is 110 cm³/mol. The summed E-state index contributed by atoms with van der Waals surface area (Å²) in [7, 11) is -3.91. The standard InChI is InChI=1S/C20H22FN3O6S/c1-3-24(4-2)31(28,29)15-9-10-17(21)16(11-15)20(27)30-12-18(25)23-14-7-5-13(6-8-14)19(22)26/h5-11H,3-4,12H2,1-2H3,(H2,22,26)(H,23,25). The van der Waals surface area contributed by atoms with Gasteiger partial charge in [0.2, 0.25) is 15.9 Å². The van der Waals surface area contributed by atoms with Crippen LogP contribution in [0.1, 0.15) is 34.6 Å². The highest BCUT2D eigenvalue weighted by Gasteiger charge is 2.25. The lowest BCUT2D eigenvalue weighted by atomic mass is 10.2. The number of carbonyl (C=O) groups excluding carboxylic acids is 3. The predicted octanol–water partition coefficient (Wildman–Crippen LogP) is 1.75. The van der Waals surface area contributed by atoms with Crippen LogP contribution in [0.3, 0.4) is 0 Å². The largest absolute Gasteiger partial charge is 0.452 e. The van der Waals surface area contributed by atoms with Crippen molar-refractivity contribution in [3.63, 3.8) is 0 Å². The average Bonchev–Trinajstić information content (AvgIpc) is 2.73. The summed E-state index contributed by atoms with van der Waals surface area (Å²) < 4.78 is 45.2. The summed E-state index contributed by atoms with van der Waals surface area (Å²) in [6.07, 6.45) is 0. The minimum atomic E-state index is -3.91. The molecule has 2 aromatic carbocycles. The van der Waals surface area contributed by atoms with Crippen molar-refractivity contribution < 1.29 is 31.9 Å². The Bertz CT molecular complexity index is 1080.